The number of fused-ring (bicyclic) bond motifs is 6. The van der Waals surface area contributed by atoms with Crippen LogP contribution in [-0.4, -0.2) is 64.9 Å². The van der Waals surface area contributed by atoms with Crippen LogP contribution in [-0.2, 0) is 34.8 Å². The normalized spacial score (nSPS) is 22.7. The highest BCUT2D eigenvalue weighted by atomic mass is 16.6. The zero-order valence-corrected chi connectivity index (χ0v) is 19.9. The molecular formula is C26H26N4O6. The van der Waals surface area contributed by atoms with Gasteiger partial charge < -0.3 is 29.2 Å². The molecule has 2 aromatic heterocycles. The maximum atomic E-state index is 13.5. The summed E-state index contributed by atoms with van der Waals surface area (Å²) >= 11 is 0. The van der Waals surface area contributed by atoms with Crippen LogP contribution < -0.4 is 20.3 Å². The number of pyridine rings is 2. The average Bonchev–Trinajstić information content (AvgIpc) is 3.25. The number of nitrogens with zero attached hydrogens (tertiary/aromatic N) is 3. The Labute approximate surface area is 206 Å². The topological polar surface area (TPSA) is 115 Å². The summed E-state index contributed by atoms with van der Waals surface area (Å²) in [4.78, 5) is 33.2. The van der Waals surface area contributed by atoms with Crippen molar-refractivity contribution in [2.75, 3.05) is 39.4 Å². The van der Waals surface area contributed by atoms with Crippen LogP contribution in [0.3, 0.4) is 0 Å². The van der Waals surface area contributed by atoms with Gasteiger partial charge >= 0.3 is 5.97 Å². The molecule has 0 bridgehead atoms. The van der Waals surface area contributed by atoms with Crippen LogP contribution in [0.1, 0.15) is 29.2 Å². The van der Waals surface area contributed by atoms with E-state index in [1.54, 1.807) is 10.6 Å². The third kappa shape index (κ3) is 3.11. The van der Waals surface area contributed by atoms with Crippen molar-refractivity contribution in [3.05, 3.63) is 50.8 Å². The summed E-state index contributed by atoms with van der Waals surface area (Å²) in [6.45, 7) is 6.97. The number of benzene rings is 1. The second-order valence-corrected chi connectivity index (χ2v) is 9.92. The minimum atomic E-state index is -1.89. The molecule has 2 N–H and O–H groups in total. The molecule has 4 aliphatic heterocycles. The molecule has 7 rings (SSSR count). The first-order valence-corrected chi connectivity index (χ1v) is 12.3. The molecule has 36 heavy (non-hydrogen) atoms. The largest absolute Gasteiger partial charge is 0.486 e. The molecule has 1 fully saturated rings. The minimum absolute atomic E-state index is 0.149. The van der Waals surface area contributed by atoms with E-state index in [0.717, 1.165) is 48.2 Å². The van der Waals surface area contributed by atoms with E-state index in [-0.39, 0.29) is 17.7 Å². The predicted octanol–water partition coefficient (Wildman–Crippen LogP) is 0.866. The third-order valence-electron chi connectivity index (χ3n) is 7.69. The highest BCUT2D eigenvalue weighted by molar-refractivity contribution is 5.91. The Morgan fingerprint density at radius 1 is 1.06 bits per heavy atom. The fourth-order valence-electron chi connectivity index (χ4n) is 5.72. The molecule has 0 amide bonds. The monoisotopic (exact) mass is 490 g/mol. The van der Waals surface area contributed by atoms with Crippen LogP contribution in [0.25, 0.3) is 22.3 Å². The molecule has 10 heteroatoms. The lowest BCUT2D eigenvalue weighted by molar-refractivity contribution is -0.169. The van der Waals surface area contributed by atoms with Crippen LogP contribution in [0, 0.1) is 0 Å². The van der Waals surface area contributed by atoms with Crippen molar-refractivity contribution in [3.63, 3.8) is 0 Å². The number of aliphatic hydroxyl groups is 1. The summed E-state index contributed by atoms with van der Waals surface area (Å²) in [7, 11) is 0. The zero-order chi connectivity index (χ0) is 24.6. The van der Waals surface area contributed by atoms with Crippen molar-refractivity contribution in [2.45, 2.75) is 32.2 Å². The number of esters is 1. The van der Waals surface area contributed by atoms with Crippen molar-refractivity contribution in [2.24, 2.45) is 0 Å². The van der Waals surface area contributed by atoms with Gasteiger partial charge in [-0.1, -0.05) is 0 Å². The molecule has 1 saturated heterocycles. The predicted molar refractivity (Wildman–Crippen MR) is 129 cm³/mol. The zero-order valence-electron chi connectivity index (χ0n) is 19.9. The number of cyclic esters (lactones) is 1. The van der Waals surface area contributed by atoms with Gasteiger partial charge in [-0.25, -0.2) is 9.78 Å². The Bertz CT molecular complexity index is 1510. The molecule has 0 aliphatic carbocycles. The first-order chi connectivity index (χ1) is 17.4. The van der Waals surface area contributed by atoms with Gasteiger partial charge in [0.1, 0.15) is 19.8 Å². The number of carbonyl (C=O) groups is 1. The lowest BCUT2D eigenvalue weighted by Crippen LogP contribution is -2.43. The molecule has 0 unspecified atom stereocenters. The summed E-state index contributed by atoms with van der Waals surface area (Å²) in [5, 5.41) is 15.3. The van der Waals surface area contributed by atoms with Gasteiger partial charge in [-0.2, -0.15) is 0 Å². The second-order valence-electron chi connectivity index (χ2n) is 9.92. The van der Waals surface area contributed by atoms with Gasteiger partial charge in [-0.05, 0) is 24.6 Å². The quantitative estimate of drug-likeness (QED) is 0.395. The number of ether oxygens (including phenoxy) is 3. The maximum absolute atomic E-state index is 13.5. The van der Waals surface area contributed by atoms with E-state index in [2.05, 4.69) is 10.2 Å². The highest BCUT2D eigenvalue weighted by Gasteiger charge is 2.43. The van der Waals surface area contributed by atoms with Crippen LogP contribution >= 0.6 is 0 Å². The van der Waals surface area contributed by atoms with E-state index in [4.69, 9.17) is 19.2 Å². The average molecular weight is 491 g/mol. The van der Waals surface area contributed by atoms with Crippen LogP contribution in [0.15, 0.2) is 23.0 Å². The summed E-state index contributed by atoms with van der Waals surface area (Å²) in [5.41, 5.74) is 2.57. The van der Waals surface area contributed by atoms with E-state index in [9.17, 15) is 14.7 Å². The Balaban J connectivity index is 1.46. The number of nitrogens with one attached hydrogen (secondary N) is 1. The van der Waals surface area contributed by atoms with Gasteiger partial charge in [-0.15, -0.1) is 0 Å². The van der Waals surface area contributed by atoms with Gasteiger partial charge in [0.2, 0.25) is 0 Å². The smallest absolute Gasteiger partial charge is 0.342 e. The summed E-state index contributed by atoms with van der Waals surface area (Å²) in [6.07, 6.45) is 0. The molecule has 6 heterocycles. The lowest BCUT2D eigenvalue weighted by Gasteiger charge is -2.29. The van der Waals surface area contributed by atoms with Crippen LogP contribution in [0.5, 0.6) is 11.5 Å². The molecule has 0 spiro atoms. The summed E-state index contributed by atoms with van der Waals surface area (Å²) in [5.74, 6) is 0.597. The number of rotatable bonds is 2. The summed E-state index contributed by atoms with van der Waals surface area (Å²) < 4.78 is 18.5. The van der Waals surface area contributed by atoms with Crippen molar-refractivity contribution in [3.8, 4) is 22.9 Å². The molecule has 186 valence electrons. The van der Waals surface area contributed by atoms with Crippen molar-refractivity contribution >= 4 is 16.9 Å². The van der Waals surface area contributed by atoms with Gasteiger partial charge in [0.05, 0.1) is 29.0 Å². The Morgan fingerprint density at radius 2 is 1.81 bits per heavy atom. The number of hydrogen-bond donors (Lipinski definition) is 2. The van der Waals surface area contributed by atoms with Gasteiger partial charge in [0.15, 0.2) is 17.1 Å². The number of piperazine rings is 1. The van der Waals surface area contributed by atoms with Gasteiger partial charge in [0.25, 0.3) is 5.56 Å². The van der Waals surface area contributed by atoms with Crippen molar-refractivity contribution < 1.29 is 24.1 Å². The summed E-state index contributed by atoms with van der Waals surface area (Å²) in [6, 6.07) is 5.63. The Hall–Kier alpha value is -3.47. The van der Waals surface area contributed by atoms with Gasteiger partial charge in [-0.3, -0.25) is 9.69 Å². The Morgan fingerprint density at radius 3 is 2.58 bits per heavy atom. The van der Waals surface area contributed by atoms with Crippen LogP contribution in [0.2, 0.25) is 0 Å². The first-order valence-electron chi connectivity index (χ1n) is 12.3. The maximum Gasteiger partial charge on any atom is 0.342 e. The minimum Gasteiger partial charge on any atom is -0.486 e. The van der Waals surface area contributed by atoms with E-state index in [1.165, 1.54) is 6.92 Å². The molecule has 4 aliphatic rings. The standard InChI is InChI=1S/C26H26N4O6/c1-26(33)18-9-20-23-16(12-30(20)24(31)17(18)13-36-25(26)32)15(11-29-4-2-27-3-5-29)14-8-21-22(10-19(14)28-23)35-7-6-34-21/h8-10,27,33H,2-7,11-13H2,1H3/t26-/m0/s1. The van der Waals surface area contributed by atoms with E-state index < -0.39 is 11.6 Å². The molecule has 1 atom stereocenters. The third-order valence-corrected chi connectivity index (χ3v) is 7.69. The second kappa shape index (κ2) is 7.76. The van der Waals surface area contributed by atoms with Crippen molar-refractivity contribution in [1.82, 2.24) is 19.8 Å². The van der Waals surface area contributed by atoms with Crippen molar-refractivity contribution in [1.29, 1.82) is 0 Å². The molecule has 0 saturated carbocycles. The van der Waals surface area contributed by atoms with Crippen LogP contribution in [0.4, 0.5) is 0 Å². The van der Waals surface area contributed by atoms with Gasteiger partial charge in [0, 0.05) is 55.3 Å². The SMILES string of the molecule is C[C@@]1(O)C(=O)OCc2c1cc1n(c2=O)Cc2c-1nc1cc3c(cc1c2CN1CCNCC1)OCCO3. The molecule has 3 aromatic rings. The number of hydrogen-bond acceptors (Lipinski definition) is 9. The molecule has 10 nitrogen and oxygen atoms in total. The van der Waals surface area contributed by atoms with E-state index in [1.807, 2.05) is 12.1 Å². The fraction of sp³-hybridized carbons (Fsp3) is 0.423. The number of carbonyl (C=O) groups excluding carboxylic acids is 1. The fourth-order valence-corrected chi connectivity index (χ4v) is 5.72. The van der Waals surface area contributed by atoms with E-state index in [0.29, 0.717) is 54.8 Å². The Kier molecular flexibility index (Phi) is 4.70. The lowest BCUT2D eigenvalue weighted by atomic mass is 9.89. The molecule has 0 radical (unpaired) electrons. The first kappa shape index (κ1) is 21.8. The van der Waals surface area contributed by atoms with E-state index >= 15 is 0 Å². The highest BCUT2D eigenvalue weighted by Crippen LogP contribution is 2.42. The number of aromatic nitrogens is 2. The molecule has 1 aromatic carbocycles. The molecular weight excluding hydrogens is 464 g/mol.